The molecule has 0 unspecified atom stereocenters. The van der Waals surface area contributed by atoms with Gasteiger partial charge in [0, 0.05) is 131 Å². The van der Waals surface area contributed by atoms with Gasteiger partial charge < -0.3 is 86.5 Å². The molecule has 44 nitrogen and oxygen atoms in total. The van der Waals surface area contributed by atoms with Crippen molar-refractivity contribution in [2.45, 2.75) is 108 Å². The van der Waals surface area contributed by atoms with Crippen molar-refractivity contribution in [1.82, 2.24) is 86.2 Å². The number of nitrogens with one attached hydrogen (secondary N) is 8. The smallest absolute Gasteiger partial charge is 0.323 e. The Bertz CT molecular complexity index is 8040. The second-order valence-corrected chi connectivity index (χ2v) is 36.9. The van der Waals surface area contributed by atoms with Crippen molar-refractivity contribution < 1.29 is 108 Å². The zero-order valence-electron chi connectivity index (χ0n) is 79.8. The van der Waals surface area contributed by atoms with Crippen molar-refractivity contribution in [3.8, 4) is 23.0 Å². The summed E-state index contributed by atoms with van der Waals surface area (Å²) < 4.78 is 57.4. The number of benzene rings is 4. The third kappa shape index (κ3) is 16.8. The Hall–Kier alpha value is -18.4. The van der Waals surface area contributed by atoms with Crippen molar-refractivity contribution in [1.29, 1.82) is 0 Å². The van der Waals surface area contributed by atoms with Gasteiger partial charge in [0.25, 0.3) is 23.6 Å². The zero-order chi connectivity index (χ0) is 102. The summed E-state index contributed by atoms with van der Waals surface area (Å²) in [5.41, 5.74) is 6.60. The lowest BCUT2D eigenvalue weighted by molar-refractivity contribution is -0.128. The van der Waals surface area contributed by atoms with E-state index in [1.54, 1.807) is 164 Å². The number of methoxy groups -OCH3 is 4. The van der Waals surface area contributed by atoms with E-state index < -0.39 is 68.9 Å². The Morgan fingerprint density at radius 1 is 0.390 bits per heavy atom. The van der Waals surface area contributed by atoms with Crippen LogP contribution in [0.25, 0.3) is 44.4 Å². The van der Waals surface area contributed by atoms with E-state index in [0.717, 1.165) is 51.4 Å². The van der Waals surface area contributed by atoms with E-state index in [-0.39, 0.29) is 105 Å². The van der Waals surface area contributed by atoms with Crippen LogP contribution in [0.2, 0.25) is 0 Å². The van der Waals surface area contributed by atoms with Crippen molar-refractivity contribution >= 4 is 162 Å². The summed E-state index contributed by atoms with van der Waals surface area (Å²) in [5, 5.41) is 33.8. The maximum absolute atomic E-state index is 13.2. The number of anilines is 7. The highest BCUT2D eigenvalue weighted by Crippen LogP contribution is 2.47. The fraction of sp³-hybridized carbons (Fsp3) is 0.275. The van der Waals surface area contributed by atoms with E-state index in [4.69, 9.17) is 45.7 Å². The minimum absolute atomic E-state index is 0.0135. The van der Waals surface area contributed by atoms with E-state index in [1.165, 1.54) is 28.4 Å². The van der Waals surface area contributed by atoms with Gasteiger partial charge >= 0.3 is 6.03 Å². The van der Waals surface area contributed by atoms with Gasteiger partial charge in [0.1, 0.15) is 130 Å². The van der Waals surface area contributed by atoms with E-state index in [9.17, 15) is 62.3 Å². The van der Waals surface area contributed by atoms with Crippen LogP contribution in [0.4, 0.5) is 45.5 Å². The van der Waals surface area contributed by atoms with Gasteiger partial charge in [-0.1, -0.05) is 34.6 Å². The van der Waals surface area contributed by atoms with Gasteiger partial charge in [-0.3, -0.25) is 88.4 Å². The number of imide groups is 4. The molecule has 4 atom stereocenters. The highest BCUT2D eigenvalue weighted by atomic mass is 16.5. The van der Waals surface area contributed by atoms with Crippen LogP contribution < -0.4 is 66.4 Å². The van der Waals surface area contributed by atoms with Crippen LogP contribution in [0.15, 0.2) is 185 Å². The Morgan fingerprint density at radius 3 is 1.05 bits per heavy atom. The number of fused-ring (bicyclic) bond motifs is 8. The normalized spacial score (nSPS) is 19.7. The molecule has 5 fully saturated rings. The maximum Gasteiger partial charge on any atom is 0.323 e. The average Bonchev–Trinajstić information content (AvgIpc) is 1.60. The van der Waals surface area contributed by atoms with E-state index >= 15 is 0 Å². The summed E-state index contributed by atoms with van der Waals surface area (Å²) in [6, 6.07) is 43.1. The van der Waals surface area contributed by atoms with Crippen LogP contribution in [0.5, 0.6) is 23.0 Å². The average molecular weight is 1980 g/mol. The van der Waals surface area contributed by atoms with E-state index in [0.29, 0.717) is 170 Å². The molecule has 8 N–H and O–H groups in total. The predicted molar refractivity (Wildman–Crippen MR) is 515 cm³/mol. The highest BCUT2D eigenvalue weighted by Gasteiger charge is 2.58. The van der Waals surface area contributed by atoms with Crippen LogP contribution in [-0.4, -0.2) is 204 Å². The van der Waals surface area contributed by atoms with Crippen LogP contribution in [0.1, 0.15) is 142 Å². The topological polar surface area (TPSA) is 545 Å². The van der Waals surface area contributed by atoms with Gasteiger partial charge in [0.2, 0.25) is 53.1 Å². The lowest BCUT2D eigenvalue weighted by Crippen LogP contribution is -2.46. The molecule has 5 saturated heterocycles. The number of aryl methyl sites for hydroxylation is 4. The molecule has 15 aromatic rings. The number of urea groups is 1. The molecule has 4 aromatic carbocycles. The second kappa shape index (κ2) is 36.6. The molecular weight excluding hydrogens is 1890 g/mol. The first-order valence-electron chi connectivity index (χ1n) is 46.3. The second-order valence-electron chi connectivity index (χ2n) is 36.9. The van der Waals surface area contributed by atoms with Crippen molar-refractivity contribution in [2.24, 2.45) is 7.05 Å². The third-order valence-electron chi connectivity index (χ3n) is 27.7. The lowest BCUT2D eigenvalue weighted by Gasteiger charge is -2.28. The van der Waals surface area contributed by atoms with Crippen LogP contribution in [0, 0.1) is 27.7 Å². The fourth-order valence-corrected chi connectivity index (χ4v) is 19.8. The first kappa shape index (κ1) is 93.9. The van der Waals surface area contributed by atoms with Crippen LogP contribution in [-0.2, 0) is 93.2 Å². The van der Waals surface area contributed by atoms with Crippen LogP contribution in [0.3, 0.4) is 0 Å². The number of aromatic nitrogens is 8. The molecule has 9 aliphatic heterocycles. The molecule has 44 heteroatoms. The molecule has 24 rings (SSSR count). The molecule has 20 heterocycles. The number of hydrogen-bond acceptors (Lipinski definition) is 33. The summed E-state index contributed by atoms with van der Waals surface area (Å²) in [7, 11) is 7.95. The predicted octanol–water partition coefficient (Wildman–Crippen LogP) is 10.2. The van der Waals surface area contributed by atoms with Gasteiger partial charge in [-0.15, -0.1) is 0 Å². The molecule has 0 bridgehead atoms. The standard InChI is InChI=1S/2C26H23N5O6.C25H22N6O5.C25H23N5O6/c1-13-23(14(2)37-30-13)28-21-7-6-19-18(27-21)9-20(36-19)26(10-22(32)29-25(26)34)12-31-11-15-4-5-16(35-3)8-17(15)24(31)33;1-13-14(2)30-37-23(13)28-21-7-6-19-18(27-21)9-20(36-19)26(10-22(32)29-25(26)34)12-31-11-15-4-5-16(35-3)8-17(15)24(31)33;1-30-21(7-8-26-30)28-20-6-5-18-17(27-20)10-19(36-18)25(11-22(32)29-24(25)34)13-31-12-14-3-4-15(35-2)9-16(14)23(31)33;1-35-15-4-3-14-12-29(22(32)16(14)9-15)13-25(11-21(31)28-23(25)33)19-10-17-18(36-19)5-6-20(27-17)30-8-2-7-26-24(30)34/h2*4-9H,10-12H2,1-3H3,(H,27,28)(H,29,32,34);3-10H,11-13H2,1-2H3,(H,27,28)(H,29,32,34);3-6,9-10H,2,7-8,11-13H2,1H3,(H,26,34)(H,28,31,33)/t2*26-;2*25-/m1111/s1. The Labute approximate surface area is 826 Å². The molecule has 0 spiro atoms. The molecule has 0 aliphatic carbocycles. The molecule has 742 valence electrons. The van der Waals surface area contributed by atoms with Gasteiger partial charge in [0.15, 0.2) is 28.1 Å². The van der Waals surface area contributed by atoms with Crippen LogP contribution >= 0.6 is 0 Å². The molecule has 14 amide bonds. The zero-order valence-corrected chi connectivity index (χ0v) is 79.8. The van der Waals surface area contributed by atoms with Gasteiger partial charge in [0.05, 0.1) is 66.0 Å². The number of furan rings is 4. The summed E-state index contributed by atoms with van der Waals surface area (Å²) in [6.45, 7) is 9.64. The molecule has 9 aliphatic rings. The summed E-state index contributed by atoms with van der Waals surface area (Å²) in [5.74, 6) is 2.58. The number of carbonyl (C=O) groups excluding carboxylic acids is 13. The molecule has 146 heavy (non-hydrogen) atoms. The van der Waals surface area contributed by atoms with Crippen molar-refractivity contribution in [3.05, 3.63) is 248 Å². The largest absolute Gasteiger partial charge is 0.497 e. The Morgan fingerprint density at radius 2 is 0.740 bits per heavy atom. The number of amides is 14. The van der Waals surface area contributed by atoms with Gasteiger partial charge in [-0.25, -0.2) is 24.7 Å². The highest BCUT2D eigenvalue weighted by molar-refractivity contribution is 6.14. The van der Waals surface area contributed by atoms with Gasteiger partial charge in [-0.2, -0.15) is 5.10 Å². The van der Waals surface area contributed by atoms with Crippen molar-refractivity contribution in [2.75, 3.05) is 88.6 Å². The maximum atomic E-state index is 13.2. The molecular formula is C102H91N21O23. The Balaban J connectivity index is 0.000000114. The SMILES string of the molecule is COc1ccc2c(c1)C(=O)N(C[C@@]1(c3cc4nc(N5CCCNC5=O)ccc4o3)CC(=O)NC1=O)C2.COc1ccc2c(c1)C(=O)N(C[C@@]1(c3cc4nc(Nc5c(C)noc5C)ccc4o3)CC(=O)NC1=O)C2.COc1ccc2c(c1)C(=O)N(C[C@@]1(c3cc4nc(Nc5ccnn5C)ccc4o3)CC(=O)NC1=O)C2.COc1ccc2c(c1)C(=O)N(C[C@@]1(c3cc4nc(Nc5onc(C)c5C)ccc4o3)CC(=O)NC1=O)C2. The quantitative estimate of drug-likeness (QED) is 0.0276. The lowest BCUT2D eigenvalue weighted by atomic mass is 9.82. The number of ether oxygens (including phenoxy) is 4. The number of nitrogens with zero attached hydrogens (tertiary/aromatic N) is 13. The first-order valence-corrected chi connectivity index (χ1v) is 46.3. The van der Waals surface area contributed by atoms with E-state index in [1.807, 2.05) is 58.2 Å². The number of hydrogen-bond donors (Lipinski definition) is 8. The third-order valence-corrected chi connectivity index (χ3v) is 27.7. The molecule has 0 saturated carbocycles. The summed E-state index contributed by atoms with van der Waals surface area (Å²) in [6.07, 6.45) is 1.90. The number of rotatable bonds is 23. The monoisotopic (exact) mass is 1980 g/mol. The number of pyridine rings is 4. The molecule has 0 radical (unpaired) electrons. The summed E-state index contributed by atoms with van der Waals surface area (Å²) in [4.78, 5) is 193. The first-order chi connectivity index (χ1) is 70.3. The minimum Gasteiger partial charge on any atom is -0.497 e. The van der Waals surface area contributed by atoms with E-state index in [2.05, 4.69) is 77.9 Å². The van der Waals surface area contributed by atoms with Gasteiger partial charge in [-0.05, 0) is 153 Å². The fourth-order valence-electron chi connectivity index (χ4n) is 19.8. The summed E-state index contributed by atoms with van der Waals surface area (Å²) >= 11 is 0. The molecule has 11 aromatic heterocycles. The minimum atomic E-state index is -1.40. The number of carbonyl (C=O) groups is 13. The Kier molecular flexibility index (Phi) is 23.5. The van der Waals surface area contributed by atoms with Crippen molar-refractivity contribution in [3.63, 3.8) is 0 Å².